The van der Waals surface area contributed by atoms with E-state index in [2.05, 4.69) is 5.32 Å². The van der Waals surface area contributed by atoms with Crippen LogP contribution < -0.4 is 10.1 Å². The van der Waals surface area contributed by atoms with Crippen molar-refractivity contribution in [2.45, 2.75) is 46.7 Å². The van der Waals surface area contributed by atoms with E-state index in [1.807, 2.05) is 100 Å². The van der Waals surface area contributed by atoms with E-state index in [9.17, 15) is 9.59 Å². The third-order valence-electron chi connectivity index (χ3n) is 6.13. The summed E-state index contributed by atoms with van der Waals surface area (Å²) in [5.41, 5.74) is 5.18. The van der Waals surface area contributed by atoms with Gasteiger partial charge in [0.25, 0.3) is 5.91 Å². The molecular weight excluding hydrogens is 424 g/mol. The Morgan fingerprint density at radius 2 is 1.56 bits per heavy atom. The summed E-state index contributed by atoms with van der Waals surface area (Å²) < 4.78 is 5.95. The van der Waals surface area contributed by atoms with Crippen LogP contribution in [-0.2, 0) is 22.6 Å². The predicted octanol–water partition coefficient (Wildman–Crippen LogP) is 4.77. The standard InChI is InChI=1S/C29H34N2O3/c1-5-30-29(33)26(18-24-14-7-6-8-15-24)31(19-25-16-10-9-12-22(25)3)28(32)20-34-27-17-11-13-21(2)23(27)4/h6-17,26H,5,18-20H2,1-4H3,(H,30,33)/t26-/m1/s1. The molecule has 0 aromatic heterocycles. The van der Waals surface area contributed by atoms with E-state index in [-0.39, 0.29) is 18.4 Å². The van der Waals surface area contributed by atoms with Gasteiger partial charge in [-0.2, -0.15) is 0 Å². The maximum absolute atomic E-state index is 13.6. The average molecular weight is 459 g/mol. The van der Waals surface area contributed by atoms with E-state index in [0.29, 0.717) is 25.3 Å². The van der Waals surface area contributed by atoms with Gasteiger partial charge in [-0.25, -0.2) is 0 Å². The summed E-state index contributed by atoms with van der Waals surface area (Å²) in [6, 6.07) is 22.9. The predicted molar refractivity (Wildman–Crippen MR) is 136 cm³/mol. The second-order valence-corrected chi connectivity index (χ2v) is 8.53. The molecule has 3 aromatic rings. The highest BCUT2D eigenvalue weighted by atomic mass is 16.5. The van der Waals surface area contributed by atoms with Gasteiger partial charge in [0.05, 0.1) is 0 Å². The molecular formula is C29H34N2O3. The number of nitrogens with one attached hydrogen (secondary N) is 1. The van der Waals surface area contributed by atoms with Crippen molar-refractivity contribution >= 4 is 11.8 Å². The van der Waals surface area contributed by atoms with Crippen molar-refractivity contribution in [3.05, 3.63) is 101 Å². The van der Waals surface area contributed by atoms with E-state index in [4.69, 9.17) is 4.74 Å². The number of carbonyl (C=O) groups excluding carboxylic acids is 2. The van der Waals surface area contributed by atoms with Crippen LogP contribution in [0.4, 0.5) is 0 Å². The molecule has 0 bridgehead atoms. The molecule has 5 heteroatoms. The normalized spacial score (nSPS) is 11.5. The fraction of sp³-hybridized carbons (Fsp3) is 0.310. The second kappa shape index (κ2) is 12.0. The first-order valence-corrected chi connectivity index (χ1v) is 11.7. The Morgan fingerprint density at radius 3 is 2.26 bits per heavy atom. The number of ether oxygens (including phenoxy) is 1. The van der Waals surface area contributed by atoms with E-state index < -0.39 is 6.04 Å². The molecule has 34 heavy (non-hydrogen) atoms. The first-order valence-electron chi connectivity index (χ1n) is 11.7. The largest absolute Gasteiger partial charge is 0.483 e. The van der Waals surface area contributed by atoms with Gasteiger partial charge in [-0.05, 0) is 61.6 Å². The van der Waals surface area contributed by atoms with E-state index in [0.717, 1.165) is 27.8 Å². The number of hydrogen-bond acceptors (Lipinski definition) is 3. The zero-order valence-corrected chi connectivity index (χ0v) is 20.5. The van der Waals surface area contributed by atoms with Gasteiger partial charge < -0.3 is 15.0 Å². The lowest BCUT2D eigenvalue weighted by Gasteiger charge is -2.32. The van der Waals surface area contributed by atoms with Crippen LogP contribution in [0.3, 0.4) is 0 Å². The van der Waals surface area contributed by atoms with Gasteiger partial charge in [0.2, 0.25) is 5.91 Å². The van der Waals surface area contributed by atoms with Crippen LogP contribution in [0.2, 0.25) is 0 Å². The summed E-state index contributed by atoms with van der Waals surface area (Å²) in [4.78, 5) is 28.4. The molecule has 1 atom stereocenters. The third kappa shape index (κ3) is 6.47. The Kier molecular flexibility index (Phi) is 8.86. The average Bonchev–Trinajstić information content (AvgIpc) is 2.84. The molecule has 0 spiro atoms. The highest BCUT2D eigenvalue weighted by molar-refractivity contribution is 5.88. The Bertz CT molecular complexity index is 1110. The summed E-state index contributed by atoms with van der Waals surface area (Å²) in [5.74, 6) is 0.290. The first-order chi connectivity index (χ1) is 16.4. The molecule has 3 rings (SSSR count). The summed E-state index contributed by atoms with van der Waals surface area (Å²) in [7, 11) is 0. The number of amides is 2. The van der Waals surface area contributed by atoms with E-state index >= 15 is 0 Å². The summed E-state index contributed by atoms with van der Waals surface area (Å²) in [5, 5.41) is 2.92. The minimum atomic E-state index is -0.656. The monoisotopic (exact) mass is 458 g/mol. The molecule has 5 nitrogen and oxygen atoms in total. The van der Waals surface area contributed by atoms with Crippen LogP contribution in [-0.4, -0.2) is 35.9 Å². The molecule has 3 aromatic carbocycles. The van der Waals surface area contributed by atoms with Crippen LogP contribution in [0, 0.1) is 20.8 Å². The first kappa shape index (κ1) is 25.0. The number of carbonyl (C=O) groups is 2. The van der Waals surface area contributed by atoms with Crippen LogP contribution in [0.5, 0.6) is 5.75 Å². The molecule has 0 aliphatic carbocycles. The highest BCUT2D eigenvalue weighted by Gasteiger charge is 2.30. The van der Waals surface area contributed by atoms with Crippen LogP contribution in [0.1, 0.15) is 34.7 Å². The van der Waals surface area contributed by atoms with Crippen LogP contribution in [0.15, 0.2) is 72.8 Å². The second-order valence-electron chi connectivity index (χ2n) is 8.53. The number of likely N-dealkylation sites (N-methyl/N-ethyl adjacent to an activating group) is 1. The fourth-order valence-corrected chi connectivity index (χ4v) is 3.92. The van der Waals surface area contributed by atoms with Crippen LogP contribution in [0.25, 0.3) is 0 Å². The van der Waals surface area contributed by atoms with Crippen molar-refractivity contribution in [3.8, 4) is 5.75 Å². The smallest absolute Gasteiger partial charge is 0.261 e. The Balaban J connectivity index is 1.92. The van der Waals surface area contributed by atoms with Crippen molar-refractivity contribution in [3.63, 3.8) is 0 Å². The Hall–Kier alpha value is -3.60. The zero-order valence-electron chi connectivity index (χ0n) is 20.5. The molecule has 1 N–H and O–H groups in total. The molecule has 0 aliphatic heterocycles. The number of hydrogen-bond donors (Lipinski definition) is 1. The maximum atomic E-state index is 13.6. The molecule has 0 saturated heterocycles. The molecule has 178 valence electrons. The van der Waals surface area contributed by atoms with Crippen molar-refractivity contribution in [1.29, 1.82) is 0 Å². The lowest BCUT2D eigenvalue weighted by Crippen LogP contribution is -2.51. The van der Waals surface area contributed by atoms with Gasteiger partial charge in [0, 0.05) is 19.5 Å². The molecule has 0 fully saturated rings. The minimum Gasteiger partial charge on any atom is -0.483 e. The van der Waals surface area contributed by atoms with Gasteiger partial charge in [-0.1, -0.05) is 66.7 Å². The molecule has 0 unspecified atom stereocenters. The van der Waals surface area contributed by atoms with Crippen LogP contribution >= 0.6 is 0 Å². The van der Waals surface area contributed by atoms with Gasteiger partial charge in [-0.15, -0.1) is 0 Å². The molecule has 0 heterocycles. The molecule has 0 radical (unpaired) electrons. The summed E-state index contributed by atoms with van der Waals surface area (Å²) in [6.07, 6.45) is 0.424. The number of rotatable bonds is 10. The van der Waals surface area contributed by atoms with Crippen molar-refractivity contribution in [1.82, 2.24) is 10.2 Å². The van der Waals surface area contributed by atoms with Gasteiger partial charge in [0.1, 0.15) is 11.8 Å². The maximum Gasteiger partial charge on any atom is 0.261 e. The van der Waals surface area contributed by atoms with Crippen molar-refractivity contribution in [2.75, 3.05) is 13.2 Å². The molecule has 2 amide bonds. The Morgan fingerprint density at radius 1 is 0.882 bits per heavy atom. The summed E-state index contributed by atoms with van der Waals surface area (Å²) >= 11 is 0. The van der Waals surface area contributed by atoms with E-state index in [1.54, 1.807) is 4.90 Å². The van der Waals surface area contributed by atoms with Crippen molar-refractivity contribution < 1.29 is 14.3 Å². The molecule has 0 saturated carbocycles. The lowest BCUT2D eigenvalue weighted by atomic mass is 10.0. The fourth-order valence-electron chi connectivity index (χ4n) is 3.92. The zero-order chi connectivity index (χ0) is 24.5. The summed E-state index contributed by atoms with van der Waals surface area (Å²) in [6.45, 7) is 8.58. The van der Waals surface area contributed by atoms with E-state index in [1.165, 1.54) is 0 Å². The third-order valence-corrected chi connectivity index (χ3v) is 6.13. The van der Waals surface area contributed by atoms with Gasteiger partial charge in [-0.3, -0.25) is 9.59 Å². The minimum absolute atomic E-state index is 0.138. The number of nitrogens with zero attached hydrogens (tertiary/aromatic N) is 1. The lowest BCUT2D eigenvalue weighted by molar-refractivity contribution is -0.142. The Labute approximate surface area is 202 Å². The molecule has 0 aliphatic rings. The SMILES string of the molecule is CCNC(=O)[C@@H](Cc1ccccc1)N(Cc1ccccc1C)C(=O)COc1cccc(C)c1C. The quantitative estimate of drug-likeness (QED) is 0.476. The highest BCUT2D eigenvalue weighted by Crippen LogP contribution is 2.22. The van der Waals surface area contributed by atoms with Crippen molar-refractivity contribution in [2.24, 2.45) is 0 Å². The topological polar surface area (TPSA) is 58.6 Å². The van der Waals surface area contributed by atoms with Gasteiger partial charge in [0.15, 0.2) is 6.61 Å². The number of aryl methyl sites for hydroxylation is 2. The van der Waals surface area contributed by atoms with Gasteiger partial charge >= 0.3 is 0 Å². The number of benzene rings is 3.